The van der Waals surface area contributed by atoms with Crippen LogP contribution in [0.15, 0.2) is 29.0 Å². The minimum Gasteiger partial charge on any atom is -0.480 e. The highest BCUT2D eigenvalue weighted by molar-refractivity contribution is 9.10. The molecule has 0 spiro atoms. The third-order valence-electron chi connectivity index (χ3n) is 2.09. The number of imidazole rings is 1. The minimum atomic E-state index is -1.08. The number of nitrogens with zero attached hydrogens (tertiary/aromatic N) is 2. The Kier molecular flexibility index (Phi) is 2.45. The molecule has 0 bridgehead atoms. The molecule has 2 rings (SSSR count). The van der Waals surface area contributed by atoms with Gasteiger partial charge in [0.1, 0.15) is 11.7 Å². The van der Waals surface area contributed by atoms with E-state index in [1.165, 1.54) is 6.20 Å². The highest BCUT2D eigenvalue weighted by Gasteiger charge is 2.19. The number of halogens is 1. The van der Waals surface area contributed by atoms with Gasteiger partial charge in [-0.3, -0.25) is 9.20 Å². The molecule has 78 valence electrons. The van der Waals surface area contributed by atoms with Crippen molar-refractivity contribution in [2.24, 2.45) is 5.73 Å². The Bertz CT molecular complexity index is 523. The van der Waals surface area contributed by atoms with E-state index in [1.54, 1.807) is 16.5 Å². The first-order chi connectivity index (χ1) is 7.11. The van der Waals surface area contributed by atoms with E-state index in [9.17, 15) is 4.79 Å². The van der Waals surface area contributed by atoms with Crippen molar-refractivity contribution in [1.29, 1.82) is 0 Å². The summed E-state index contributed by atoms with van der Waals surface area (Å²) in [6, 6.07) is 4.33. The molecule has 0 saturated heterocycles. The molecule has 1 atom stereocenters. The molecule has 0 aliphatic rings. The van der Waals surface area contributed by atoms with Gasteiger partial charge in [-0.25, -0.2) is 4.98 Å². The molecule has 0 fully saturated rings. The number of nitrogens with two attached hydrogens (primary N) is 1. The number of aliphatic carboxylic acids is 1. The number of hydrogen-bond acceptors (Lipinski definition) is 3. The number of carboxylic acids is 1. The van der Waals surface area contributed by atoms with Gasteiger partial charge in [0.25, 0.3) is 0 Å². The van der Waals surface area contributed by atoms with Gasteiger partial charge in [-0.1, -0.05) is 6.07 Å². The second kappa shape index (κ2) is 3.63. The second-order valence-corrected chi connectivity index (χ2v) is 3.85. The third-order valence-corrected chi connectivity index (χ3v) is 2.71. The van der Waals surface area contributed by atoms with Gasteiger partial charge in [0, 0.05) is 0 Å². The first kappa shape index (κ1) is 10.1. The Morgan fingerprint density at radius 1 is 1.60 bits per heavy atom. The van der Waals surface area contributed by atoms with Crippen LogP contribution in [0.3, 0.4) is 0 Å². The maximum atomic E-state index is 10.8. The monoisotopic (exact) mass is 269 g/mol. The molecule has 2 heterocycles. The highest BCUT2D eigenvalue weighted by atomic mass is 79.9. The van der Waals surface area contributed by atoms with Crippen molar-refractivity contribution < 1.29 is 9.90 Å². The SMILES string of the molecule is NC(C(=O)O)c1cnc2cccc(Br)n12. The Morgan fingerprint density at radius 3 is 3.00 bits per heavy atom. The van der Waals surface area contributed by atoms with Gasteiger partial charge in [-0.05, 0) is 28.1 Å². The zero-order chi connectivity index (χ0) is 11.0. The van der Waals surface area contributed by atoms with E-state index in [0.29, 0.717) is 11.3 Å². The van der Waals surface area contributed by atoms with Crippen molar-refractivity contribution in [2.45, 2.75) is 6.04 Å². The molecular weight excluding hydrogens is 262 g/mol. The Balaban J connectivity index is 2.67. The zero-order valence-electron chi connectivity index (χ0n) is 7.59. The van der Waals surface area contributed by atoms with Crippen LogP contribution in [0.1, 0.15) is 11.7 Å². The van der Waals surface area contributed by atoms with Gasteiger partial charge >= 0.3 is 5.97 Å². The number of pyridine rings is 1. The van der Waals surface area contributed by atoms with Crippen LogP contribution < -0.4 is 5.73 Å². The highest BCUT2D eigenvalue weighted by Crippen LogP contribution is 2.19. The van der Waals surface area contributed by atoms with E-state index in [1.807, 2.05) is 6.07 Å². The standard InChI is InChI=1S/C9H8BrN3O2/c10-6-2-1-3-7-12-4-5(13(6)7)8(11)9(14)15/h1-4,8H,11H2,(H,14,15). The predicted molar refractivity (Wildman–Crippen MR) is 57.5 cm³/mol. The van der Waals surface area contributed by atoms with E-state index < -0.39 is 12.0 Å². The number of fused-ring (bicyclic) bond motifs is 1. The molecule has 5 nitrogen and oxygen atoms in total. The fourth-order valence-corrected chi connectivity index (χ4v) is 1.90. The Hall–Kier alpha value is -1.40. The van der Waals surface area contributed by atoms with Gasteiger partial charge in [0.05, 0.1) is 16.5 Å². The summed E-state index contributed by atoms with van der Waals surface area (Å²) in [4.78, 5) is 14.8. The molecule has 0 aliphatic heterocycles. The number of hydrogen-bond donors (Lipinski definition) is 2. The lowest BCUT2D eigenvalue weighted by atomic mass is 10.2. The van der Waals surface area contributed by atoms with Crippen molar-refractivity contribution in [3.8, 4) is 0 Å². The molecule has 6 heteroatoms. The van der Waals surface area contributed by atoms with Crippen LogP contribution in [0.4, 0.5) is 0 Å². The minimum absolute atomic E-state index is 0.449. The van der Waals surface area contributed by atoms with Gasteiger partial charge in [-0.2, -0.15) is 0 Å². The summed E-state index contributed by atoms with van der Waals surface area (Å²) >= 11 is 3.32. The lowest BCUT2D eigenvalue weighted by molar-refractivity contribution is -0.138. The molecule has 0 radical (unpaired) electrons. The lowest BCUT2D eigenvalue weighted by Crippen LogP contribution is -2.22. The summed E-state index contributed by atoms with van der Waals surface area (Å²) < 4.78 is 2.39. The van der Waals surface area contributed by atoms with Gasteiger partial charge in [0.15, 0.2) is 0 Å². The summed E-state index contributed by atoms with van der Waals surface area (Å²) in [5.74, 6) is -1.08. The van der Waals surface area contributed by atoms with E-state index in [2.05, 4.69) is 20.9 Å². The fourth-order valence-electron chi connectivity index (χ4n) is 1.36. The van der Waals surface area contributed by atoms with Gasteiger partial charge < -0.3 is 10.8 Å². The number of rotatable bonds is 2. The van der Waals surface area contributed by atoms with E-state index in [4.69, 9.17) is 10.8 Å². The van der Waals surface area contributed by atoms with Crippen molar-refractivity contribution >= 4 is 27.5 Å². The van der Waals surface area contributed by atoms with E-state index in [-0.39, 0.29) is 0 Å². The molecule has 0 amide bonds. The Labute approximate surface area is 93.7 Å². The quantitative estimate of drug-likeness (QED) is 0.803. The smallest absolute Gasteiger partial charge is 0.326 e. The third kappa shape index (κ3) is 1.62. The maximum absolute atomic E-state index is 10.8. The summed E-state index contributed by atoms with van der Waals surface area (Å²) in [5.41, 5.74) is 6.65. The van der Waals surface area contributed by atoms with Crippen molar-refractivity contribution in [3.63, 3.8) is 0 Å². The predicted octanol–water partition coefficient (Wildman–Crippen LogP) is 1.18. The molecule has 3 N–H and O–H groups in total. The molecule has 0 aliphatic carbocycles. The number of carbonyl (C=O) groups is 1. The lowest BCUT2D eigenvalue weighted by Gasteiger charge is -2.07. The van der Waals surface area contributed by atoms with Crippen LogP contribution in [0.5, 0.6) is 0 Å². The molecule has 0 aromatic carbocycles. The topological polar surface area (TPSA) is 80.6 Å². The molecule has 0 saturated carbocycles. The summed E-state index contributed by atoms with van der Waals surface area (Å²) in [6.45, 7) is 0. The van der Waals surface area contributed by atoms with Crippen molar-refractivity contribution in [1.82, 2.24) is 9.38 Å². The molecule has 2 aromatic heterocycles. The summed E-state index contributed by atoms with van der Waals surface area (Å²) in [5, 5.41) is 8.82. The van der Waals surface area contributed by atoms with Crippen LogP contribution >= 0.6 is 15.9 Å². The fraction of sp³-hybridized carbons (Fsp3) is 0.111. The Morgan fingerprint density at radius 2 is 2.33 bits per heavy atom. The van der Waals surface area contributed by atoms with Crippen LogP contribution in [0, 0.1) is 0 Å². The number of carboxylic acid groups (broad SMARTS) is 1. The normalized spacial score (nSPS) is 12.9. The van der Waals surface area contributed by atoms with Crippen LogP contribution in [-0.4, -0.2) is 20.5 Å². The van der Waals surface area contributed by atoms with E-state index in [0.717, 1.165) is 4.60 Å². The summed E-state index contributed by atoms with van der Waals surface area (Å²) in [7, 11) is 0. The van der Waals surface area contributed by atoms with Gasteiger partial charge in [-0.15, -0.1) is 0 Å². The van der Waals surface area contributed by atoms with Crippen molar-refractivity contribution in [2.75, 3.05) is 0 Å². The van der Waals surface area contributed by atoms with Crippen LogP contribution in [0.2, 0.25) is 0 Å². The van der Waals surface area contributed by atoms with Crippen LogP contribution in [0.25, 0.3) is 5.65 Å². The average molecular weight is 270 g/mol. The molecule has 1 unspecified atom stereocenters. The molecule has 15 heavy (non-hydrogen) atoms. The maximum Gasteiger partial charge on any atom is 0.326 e. The molecule has 2 aromatic rings. The first-order valence-corrected chi connectivity index (χ1v) is 5.01. The van der Waals surface area contributed by atoms with Crippen LogP contribution in [-0.2, 0) is 4.79 Å². The zero-order valence-corrected chi connectivity index (χ0v) is 9.18. The number of aromatic nitrogens is 2. The van der Waals surface area contributed by atoms with Gasteiger partial charge in [0.2, 0.25) is 0 Å². The summed E-state index contributed by atoms with van der Waals surface area (Å²) in [6.07, 6.45) is 1.47. The molecular formula is C9H8BrN3O2. The van der Waals surface area contributed by atoms with E-state index >= 15 is 0 Å². The largest absolute Gasteiger partial charge is 0.480 e. The first-order valence-electron chi connectivity index (χ1n) is 4.21. The average Bonchev–Trinajstić information content (AvgIpc) is 2.61. The van der Waals surface area contributed by atoms with Crippen molar-refractivity contribution in [3.05, 3.63) is 34.7 Å². The second-order valence-electron chi connectivity index (χ2n) is 3.04.